The molecule has 0 aliphatic carbocycles. The molecule has 2 aromatic rings. The predicted molar refractivity (Wildman–Crippen MR) is 88.5 cm³/mol. The van der Waals surface area contributed by atoms with Crippen LogP contribution in [0.4, 0.5) is 0 Å². The number of aryl methyl sites for hydroxylation is 1. The Labute approximate surface area is 139 Å². The van der Waals surface area contributed by atoms with Crippen molar-refractivity contribution in [3.63, 3.8) is 0 Å². The van der Waals surface area contributed by atoms with Gasteiger partial charge >= 0.3 is 0 Å². The standard InChI is InChI=1S/C14H17N5OS.ClH/c1-9-8-19(7-6-15-9)14(20)11-10(2)18-13(21-11)12-16-4-3-5-17-12;/h3-5,9,15H,6-8H2,1-2H3;1H. The number of nitrogens with one attached hydrogen (secondary N) is 1. The summed E-state index contributed by atoms with van der Waals surface area (Å²) in [6, 6.07) is 2.09. The number of amides is 1. The fourth-order valence-electron chi connectivity index (χ4n) is 2.36. The minimum Gasteiger partial charge on any atom is -0.335 e. The Bertz CT molecular complexity index is 648. The molecule has 22 heavy (non-hydrogen) atoms. The zero-order valence-electron chi connectivity index (χ0n) is 12.4. The van der Waals surface area contributed by atoms with Crippen molar-refractivity contribution in [1.82, 2.24) is 25.2 Å². The van der Waals surface area contributed by atoms with Gasteiger partial charge in [0.2, 0.25) is 0 Å². The van der Waals surface area contributed by atoms with Gasteiger partial charge in [0.05, 0.1) is 5.69 Å². The zero-order valence-corrected chi connectivity index (χ0v) is 14.1. The van der Waals surface area contributed by atoms with E-state index in [4.69, 9.17) is 0 Å². The van der Waals surface area contributed by atoms with Gasteiger partial charge in [-0.05, 0) is 19.9 Å². The molecular weight excluding hydrogens is 322 g/mol. The van der Waals surface area contributed by atoms with E-state index >= 15 is 0 Å². The van der Waals surface area contributed by atoms with Crippen molar-refractivity contribution in [1.29, 1.82) is 0 Å². The Kier molecular flexibility index (Phi) is 5.44. The molecule has 118 valence electrons. The molecule has 0 aromatic carbocycles. The van der Waals surface area contributed by atoms with Crippen LogP contribution in [0.2, 0.25) is 0 Å². The van der Waals surface area contributed by atoms with Gasteiger partial charge in [-0.1, -0.05) is 0 Å². The van der Waals surface area contributed by atoms with Crippen LogP contribution in [0.5, 0.6) is 0 Å². The van der Waals surface area contributed by atoms with Crippen LogP contribution in [0, 0.1) is 6.92 Å². The minimum atomic E-state index is 0. The van der Waals surface area contributed by atoms with Crippen molar-refractivity contribution in [3.05, 3.63) is 29.0 Å². The van der Waals surface area contributed by atoms with Crippen molar-refractivity contribution < 1.29 is 4.79 Å². The third-order valence-electron chi connectivity index (χ3n) is 3.40. The first-order chi connectivity index (χ1) is 10.1. The second-order valence-corrected chi connectivity index (χ2v) is 6.11. The van der Waals surface area contributed by atoms with Gasteiger partial charge in [-0.25, -0.2) is 15.0 Å². The van der Waals surface area contributed by atoms with Crippen LogP contribution in [0.15, 0.2) is 18.5 Å². The highest BCUT2D eigenvalue weighted by molar-refractivity contribution is 7.17. The molecule has 1 aliphatic heterocycles. The average molecular weight is 340 g/mol. The molecule has 2 aromatic heterocycles. The van der Waals surface area contributed by atoms with E-state index in [2.05, 4.69) is 27.2 Å². The minimum absolute atomic E-state index is 0. The van der Waals surface area contributed by atoms with E-state index < -0.39 is 0 Å². The van der Waals surface area contributed by atoms with Crippen LogP contribution in [-0.4, -0.2) is 51.4 Å². The van der Waals surface area contributed by atoms with E-state index in [0.29, 0.717) is 21.8 Å². The molecule has 3 rings (SSSR count). The number of halogens is 1. The molecule has 1 atom stereocenters. The van der Waals surface area contributed by atoms with Crippen LogP contribution in [0.3, 0.4) is 0 Å². The highest BCUT2D eigenvalue weighted by atomic mass is 35.5. The Morgan fingerprint density at radius 1 is 1.41 bits per heavy atom. The number of nitrogens with zero attached hydrogens (tertiary/aromatic N) is 4. The van der Waals surface area contributed by atoms with E-state index in [1.54, 1.807) is 18.5 Å². The maximum atomic E-state index is 12.6. The molecule has 0 spiro atoms. The smallest absolute Gasteiger partial charge is 0.265 e. The lowest BCUT2D eigenvalue weighted by atomic mass is 10.2. The van der Waals surface area contributed by atoms with Gasteiger partial charge in [-0.15, -0.1) is 23.7 Å². The summed E-state index contributed by atoms with van der Waals surface area (Å²) in [5.74, 6) is 0.624. The molecule has 3 heterocycles. The Morgan fingerprint density at radius 3 is 2.82 bits per heavy atom. The molecule has 0 radical (unpaired) electrons. The summed E-state index contributed by atoms with van der Waals surface area (Å²) in [6.45, 7) is 6.24. The van der Waals surface area contributed by atoms with E-state index in [1.165, 1.54) is 11.3 Å². The fourth-order valence-corrected chi connectivity index (χ4v) is 3.34. The van der Waals surface area contributed by atoms with Crippen LogP contribution in [0.1, 0.15) is 22.3 Å². The lowest BCUT2D eigenvalue weighted by Gasteiger charge is -2.31. The number of rotatable bonds is 2. The van der Waals surface area contributed by atoms with Crippen LogP contribution in [-0.2, 0) is 0 Å². The molecule has 8 heteroatoms. The number of carbonyl (C=O) groups is 1. The number of thiazole rings is 1. The molecule has 1 amide bonds. The highest BCUT2D eigenvalue weighted by Gasteiger charge is 2.25. The molecule has 1 saturated heterocycles. The third kappa shape index (κ3) is 3.43. The Hall–Kier alpha value is -1.57. The molecule has 6 nitrogen and oxygen atoms in total. The van der Waals surface area contributed by atoms with E-state index in [-0.39, 0.29) is 18.3 Å². The van der Waals surface area contributed by atoms with Gasteiger partial charge in [0.1, 0.15) is 4.88 Å². The lowest BCUT2D eigenvalue weighted by Crippen LogP contribution is -2.51. The number of carbonyl (C=O) groups excluding carboxylic acids is 1. The molecule has 1 unspecified atom stereocenters. The number of hydrogen-bond donors (Lipinski definition) is 1. The average Bonchev–Trinajstić information content (AvgIpc) is 2.89. The monoisotopic (exact) mass is 339 g/mol. The van der Waals surface area contributed by atoms with Gasteiger partial charge in [0, 0.05) is 38.1 Å². The number of piperazine rings is 1. The maximum Gasteiger partial charge on any atom is 0.265 e. The van der Waals surface area contributed by atoms with Crippen molar-refractivity contribution in [2.75, 3.05) is 19.6 Å². The molecule has 1 fully saturated rings. The summed E-state index contributed by atoms with van der Waals surface area (Å²) in [7, 11) is 0. The van der Waals surface area contributed by atoms with Gasteiger partial charge in [-0.3, -0.25) is 4.79 Å². The van der Waals surface area contributed by atoms with Crippen molar-refractivity contribution >= 4 is 29.7 Å². The van der Waals surface area contributed by atoms with Crippen LogP contribution in [0.25, 0.3) is 10.8 Å². The van der Waals surface area contributed by atoms with Crippen molar-refractivity contribution in [2.24, 2.45) is 0 Å². The predicted octanol–water partition coefficient (Wildman–Crippen LogP) is 1.76. The summed E-state index contributed by atoms with van der Waals surface area (Å²) < 4.78 is 0. The van der Waals surface area contributed by atoms with Crippen molar-refractivity contribution in [3.8, 4) is 10.8 Å². The molecule has 0 saturated carbocycles. The highest BCUT2D eigenvalue weighted by Crippen LogP contribution is 2.26. The lowest BCUT2D eigenvalue weighted by molar-refractivity contribution is 0.0713. The fraction of sp³-hybridized carbons (Fsp3) is 0.429. The van der Waals surface area contributed by atoms with Crippen molar-refractivity contribution in [2.45, 2.75) is 19.9 Å². The molecule has 0 bridgehead atoms. The second kappa shape index (κ2) is 7.13. The van der Waals surface area contributed by atoms with Gasteiger partial charge < -0.3 is 10.2 Å². The maximum absolute atomic E-state index is 12.6. The van der Waals surface area contributed by atoms with E-state index in [9.17, 15) is 4.79 Å². The van der Waals surface area contributed by atoms with Crippen LogP contribution < -0.4 is 5.32 Å². The van der Waals surface area contributed by atoms with Crippen LogP contribution >= 0.6 is 23.7 Å². The second-order valence-electron chi connectivity index (χ2n) is 5.11. The summed E-state index contributed by atoms with van der Waals surface area (Å²) in [5.41, 5.74) is 0.749. The number of aromatic nitrogens is 3. The van der Waals surface area contributed by atoms with Gasteiger partial charge in [-0.2, -0.15) is 0 Å². The molecular formula is C14H18ClN5OS. The Balaban J connectivity index is 0.00000176. The first-order valence-corrected chi connectivity index (χ1v) is 7.74. The molecule has 1 N–H and O–H groups in total. The first kappa shape index (κ1) is 16.8. The normalized spacial score (nSPS) is 17.9. The van der Waals surface area contributed by atoms with E-state index in [1.807, 2.05) is 11.8 Å². The quantitative estimate of drug-likeness (QED) is 0.902. The SMILES string of the molecule is Cc1nc(-c2ncccn2)sc1C(=O)N1CCNC(C)C1.Cl. The summed E-state index contributed by atoms with van der Waals surface area (Å²) in [4.78, 5) is 28.0. The Morgan fingerprint density at radius 2 is 2.14 bits per heavy atom. The summed E-state index contributed by atoms with van der Waals surface area (Å²) >= 11 is 1.37. The number of hydrogen-bond acceptors (Lipinski definition) is 6. The zero-order chi connectivity index (χ0) is 14.8. The largest absolute Gasteiger partial charge is 0.335 e. The topological polar surface area (TPSA) is 71.0 Å². The first-order valence-electron chi connectivity index (χ1n) is 6.92. The summed E-state index contributed by atoms with van der Waals surface area (Å²) in [5, 5.41) is 4.03. The third-order valence-corrected chi connectivity index (χ3v) is 4.55. The van der Waals surface area contributed by atoms with Gasteiger partial charge in [0.25, 0.3) is 5.91 Å². The van der Waals surface area contributed by atoms with E-state index in [0.717, 1.165) is 25.3 Å². The molecule has 1 aliphatic rings. The summed E-state index contributed by atoms with van der Waals surface area (Å²) in [6.07, 6.45) is 3.36. The van der Waals surface area contributed by atoms with Gasteiger partial charge in [0.15, 0.2) is 10.8 Å².